The Hall–Kier alpha value is -3.22. The summed E-state index contributed by atoms with van der Waals surface area (Å²) in [6.45, 7) is 2.92. The summed E-state index contributed by atoms with van der Waals surface area (Å²) in [4.78, 5) is 24.1. The van der Waals surface area contributed by atoms with E-state index in [1.165, 1.54) is 0 Å². The first kappa shape index (κ1) is 19.5. The average Bonchev–Trinajstić information content (AvgIpc) is 2.96. The van der Waals surface area contributed by atoms with Crippen molar-refractivity contribution in [1.29, 1.82) is 0 Å². The van der Waals surface area contributed by atoms with Crippen LogP contribution in [0.15, 0.2) is 42.5 Å². The molecule has 0 aliphatic carbocycles. The Morgan fingerprint density at radius 1 is 0.893 bits per heavy atom. The average molecular weight is 386 g/mol. The van der Waals surface area contributed by atoms with Crippen molar-refractivity contribution < 1.29 is 33.3 Å². The van der Waals surface area contributed by atoms with Gasteiger partial charge in [-0.25, -0.2) is 4.79 Å². The van der Waals surface area contributed by atoms with Gasteiger partial charge in [0.25, 0.3) is 0 Å². The summed E-state index contributed by atoms with van der Waals surface area (Å²) in [5.74, 6) is 1.40. The number of esters is 1. The molecular formula is C21H22O7. The fraction of sp³-hybridized carbons (Fsp3) is 0.333. The van der Waals surface area contributed by atoms with E-state index in [1.807, 2.05) is 6.92 Å². The van der Waals surface area contributed by atoms with Crippen molar-refractivity contribution in [2.45, 2.75) is 13.3 Å². The number of hydrogen-bond donors (Lipinski definition) is 0. The molecule has 0 unspecified atom stereocenters. The fourth-order valence-corrected chi connectivity index (χ4v) is 2.55. The van der Waals surface area contributed by atoms with Crippen LogP contribution in [0.5, 0.6) is 23.0 Å². The number of ether oxygens (including phenoxy) is 5. The lowest BCUT2D eigenvalue weighted by atomic mass is 10.1. The highest BCUT2D eigenvalue weighted by Gasteiger charge is 2.16. The molecule has 0 saturated heterocycles. The first-order chi connectivity index (χ1) is 13.7. The lowest BCUT2D eigenvalue weighted by molar-refractivity contribution is -0.144. The number of rotatable bonds is 8. The van der Waals surface area contributed by atoms with Crippen molar-refractivity contribution in [2.75, 3.05) is 33.0 Å². The summed E-state index contributed by atoms with van der Waals surface area (Å²) >= 11 is 0. The van der Waals surface area contributed by atoms with Gasteiger partial charge in [0.05, 0.1) is 19.8 Å². The van der Waals surface area contributed by atoms with Gasteiger partial charge in [0.15, 0.2) is 30.5 Å². The first-order valence-electron chi connectivity index (χ1n) is 9.10. The van der Waals surface area contributed by atoms with Crippen LogP contribution < -0.4 is 18.9 Å². The molecule has 0 amide bonds. The molecule has 2 aromatic rings. The second kappa shape index (κ2) is 9.64. The van der Waals surface area contributed by atoms with Crippen molar-refractivity contribution in [3.63, 3.8) is 0 Å². The SMILES string of the molecule is CCOc1ccc(OCC(=O)OCC(=O)c2ccc3c(c2)OCCCO3)cc1. The Bertz CT molecular complexity index is 814. The molecule has 1 heterocycles. The molecule has 0 N–H and O–H groups in total. The normalized spacial score (nSPS) is 12.6. The predicted molar refractivity (Wildman–Crippen MR) is 100 cm³/mol. The van der Waals surface area contributed by atoms with E-state index in [-0.39, 0.29) is 19.0 Å². The van der Waals surface area contributed by atoms with Crippen LogP contribution >= 0.6 is 0 Å². The monoisotopic (exact) mass is 386 g/mol. The smallest absolute Gasteiger partial charge is 0.344 e. The molecule has 0 spiro atoms. The number of fused-ring (bicyclic) bond motifs is 1. The number of carbonyl (C=O) groups is 2. The van der Waals surface area contributed by atoms with Gasteiger partial charge in [0, 0.05) is 12.0 Å². The third-order valence-corrected chi connectivity index (χ3v) is 3.93. The maximum absolute atomic E-state index is 12.3. The van der Waals surface area contributed by atoms with Crippen LogP contribution in [0, 0.1) is 0 Å². The largest absolute Gasteiger partial charge is 0.494 e. The topological polar surface area (TPSA) is 80.3 Å². The minimum Gasteiger partial charge on any atom is -0.494 e. The predicted octanol–water partition coefficient (Wildman–Crippen LogP) is 3.05. The fourth-order valence-electron chi connectivity index (χ4n) is 2.55. The molecule has 1 aliphatic heterocycles. The summed E-state index contributed by atoms with van der Waals surface area (Å²) in [5, 5.41) is 0. The maximum Gasteiger partial charge on any atom is 0.344 e. The highest BCUT2D eigenvalue weighted by atomic mass is 16.6. The van der Waals surface area contributed by atoms with Crippen LogP contribution in [-0.4, -0.2) is 44.8 Å². The van der Waals surface area contributed by atoms with E-state index in [2.05, 4.69) is 0 Å². The summed E-state index contributed by atoms with van der Waals surface area (Å²) in [7, 11) is 0. The van der Waals surface area contributed by atoms with Crippen molar-refractivity contribution in [3.05, 3.63) is 48.0 Å². The molecule has 0 radical (unpaired) electrons. The third-order valence-electron chi connectivity index (χ3n) is 3.93. The van der Waals surface area contributed by atoms with Crippen molar-refractivity contribution >= 4 is 11.8 Å². The second-order valence-corrected chi connectivity index (χ2v) is 5.99. The third kappa shape index (κ3) is 5.39. The zero-order valence-corrected chi connectivity index (χ0v) is 15.6. The van der Waals surface area contributed by atoms with Crippen molar-refractivity contribution in [1.82, 2.24) is 0 Å². The van der Waals surface area contributed by atoms with Crippen LogP contribution in [0.2, 0.25) is 0 Å². The molecule has 0 fully saturated rings. The van der Waals surface area contributed by atoms with Crippen molar-refractivity contribution in [3.8, 4) is 23.0 Å². The quantitative estimate of drug-likeness (QED) is 0.509. The highest BCUT2D eigenvalue weighted by Crippen LogP contribution is 2.30. The molecule has 148 valence electrons. The van der Waals surface area contributed by atoms with Crippen LogP contribution in [0.25, 0.3) is 0 Å². The van der Waals surface area contributed by atoms with Crippen LogP contribution in [0.4, 0.5) is 0 Å². The van der Waals surface area contributed by atoms with Gasteiger partial charge in [-0.05, 0) is 49.4 Å². The van der Waals surface area contributed by atoms with Crippen LogP contribution in [-0.2, 0) is 9.53 Å². The standard InChI is InChI=1S/C21H22O7/c1-2-24-16-5-7-17(8-6-16)27-14-21(23)28-13-18(22)15-4-9-19-20(12-15)26-11-3-10-25-19/h4-9,12H,2-3,10-11,13-14H2,1H3. The number of Topliss-reactive ketones (excluding diaryl/α,β-unsaturated/α-hetero) is 1. The minimum absolute atomic E-state index is 0.289. The first-order valence-corrected chi connectivity index (χ1v) is 9.10. The van der Waals surface area contributed by atoms with Crippen LogP contribution in [0.1, 0.15) is 23.7 Å². The van der Waals surface area contributed by atoms with E-state index in [1.54, 1.807) is 42.5 Å². The molecule has 0 bridgehead atoms. The van der Waals surface area contributed by atoms with E-state index in [4.69, 9.17) is 23.7 Å². The van der Waals surface area contributed by atoms with Crippen LogP contribution in [0.3, 0.4) is 0 Å². The Kier molecular flexibility index (Phi) is 6.73. The van der Waals surface area contributed by atoms with Gasteiger partial charge in [-0.15, -0.1) is 0 Å². The Morgan fingerprint density at radius 3 is 2.29 bits per heavy atom. The molecule has 7 nitrogen and oxygen atoms in total. The summed E-state index contributed by atoms with van der Waals surface area (Å²) < 4.78 is 26.8. The molecule has 2 aromatic carbocycles. The zero-order valence-electron chi connectivity index (χ0n) is 15.6. The summed E-state index contributed by atoms with van der Waals surface area (Å²) in [6.07, 6.45) is 0.782. The van der Waals surface area contributed by atoms with Crippen molar-refractivity contribution in [2.24, 2.45) is 0 Å². The van der Waals surface area contributed by atoms with Gasteiger partial charge in [-0.3, -0.25) is 4.79 Å². The lowest BCUT2D eigenvalue weighted by Gasteiger charge is -2.10. The van der Waals surface area contributed by atoms with E-state index >= 15 is 0 Å². The molecule has 28 heavy (non-hydrogen) atoms. The highest BCUT2D eigenvalue weighted by molar-refractivity contribution is 5.98. The van der Waals surface area contributed by atoms with Gasteiger partial charge in [0.2, 0.25) is 0 Å². The maximum atomic E-state index is 12.3. The second-order valence-electron chi connectivity index (χ2n) is 5.99. The lowest BCUT2D eigenvalue weighted by Crippen LogP contribution is -2.19. The molecule has 7 heteroatoms. The molecule has 0 atom stereocenters. The minimum atomic E-state index is -0.628. The van der Waals surface area contributed by atoms with E-state index < -0.39 is 5.97 Å². The van der Waals surface area contributed by atoms with Gasteiger partial charge in [-0.1, -0.05) is 0 Å². The van der Waals surface area contributed by atoms with Gasteiger partial charge < -0.3 is 23.7 Å². The molecule has 0 aromatic heterocycles. The summed E-state index contributed by atoms with van der Waals surface area (Å²) in [6, 6.07) is 11.8. The van der Waals surface area contributed by atoms with E-state index in [9.17, 15) is 9.59 Å². The Labute approximate surface area is 163 Å². The number of ketones is 1. The number of carbonyl (C=O) groups excluding carboxylic acids is 2. The molecule has 1 aliphatic rings. The molecule has 0 saturated carbocycles. The number of hydrogen-bond acceptors (Lipinski definition) is 7. The van der Waals surface area contributed by atoms with E-state index in [0.29, 0.717) is 42.6 Å². The molecule has 3 rings (SSSR count). The zero-order chi connectivity index (χ0) is 19.8. The van der Waals surface area contributed by atoms with Gasteiger partial charge >= 0.3 is 5.97 Å². The van der Waals surface area contributed by atoms with Gasteiger partial charge in [0.1, 0.15) is 11.5 Å². The Morgan fingerprint density at radius 2 is 1.57 bits per heavy atom. The summed E-state index contributed by atoms with van der Waals surface area (Å²) in [5.41, 5.74) is 0.393. The van der Waals surface area contributed by atoms with Gasteiger partial charge in [-0.2, -0.15) is 0 Å². The molecular weight excluding hydrogens is 364 g/mol. The number of benzene rings is 2. The Balaban J connectivity index is 1.46. The van der Waals surface area contributed by atoms with E-state index in [0.717, 1.165) is 12.2 Å².